The maximum absolute atomic E-state index is 17.2. The van der Waals surface area contributed by atoms with Gasteiger partial charge in [-0.3, -0.25) is 29.5 Å². The zero-order chi connectivity index (χ0) is 48.7. The molecule has 18 heteroatoms. The number of amides is 3. The number of anilines is 1. The number of pyridine rings is 1. The summed E-state index contributed by atoms with van der Waals surface area (Å²) in [6.07, 6.45) is 14.8. The Labute approximate surface area is 408 Å². The zero-order valence-corrected chi connectivity index (χ0v) is 39.4. The summed E-state index contributed by atoms with van der Waals surface area (Å²) >= 11 is 0. The molecular weight excluding hydrogens is 911 g/mol. The lowest BCUT2D eigenvalue weighted by atomic mass is 9.88. The van der Waals surface area contributed by atoms with E-state index < -0.39 is 17.6 Å². The summed E-state index contributed by atoms with van der Waals surface area (Å²) in [6, 6.07) is 12.3. The Morgan fingerprint density at radius 3 is 2.58 bits per heavy atom. The second-order valence-electron chi connectivity index (χ2n) is 20.3. The van der Waals surface area contributed by atoms with E-state index in [-0.39, 0.29) is 100 Å². The molecule has 5 atom stereocenters. The molecule has 6 fully saturated rings. The topological polar surface area (TPSA) is 180 Å². The van der Waals surface area contributed by atoms with Crippen LogP contribution in [0.4, 0.5) is 19.4 Å². The Kier molecular flexibility index (Phi) is 11.3. The third-order valence-corrected chi connectivity index (χ3v) is 16.2. The number of halogens is 2. The van der Waals surface area contributed by atoms with Crippen molar-refractivity contribution in [3.63, 3.8) is 0 Å². The molecule has 0 spiro atoms. The van der Waals surface area contributed by atoms with Crippen LogP contribution in [0.3, 0.4) is 0 Å². The van der Waals surface area contributed by atoms with Gasteiger partial charge in [0.25, 0.3) is 0 Å². The number of phenols is 1. The van der Waals surface area contributed by atoms with Crippen molar-refractivity contribution in [2.75, 3.05) is 50.8 Å². The number of likely N-dealkylation sites (tertiary alicyclic amines) is 1. The van der Waals surface area contributed by atoms with Crippen molar-refractivity contribution in [2.45, 2.75) is 99.7 Å². The number of rotatable bonds is 9. The molecule has 3 aromatic carbocycles. The van der Waals surface area contributed by atoms with Crippen LogP contribution in [0.5, 0.6) is 11.8 Å². The van der Waals surface area contributed by atoms with Gasteiger partial charge in [-0.25, -0.2) is 13.6 Å². The van der Waals surface area contributed by atoms with Gasteiger partial charge in [-0.1, -0.05) is 24.1 Å². The van der Waals surface area contributed by atoms with Gasteiger partial charge in [-0.15, -0.1) is 6.42 Å². The molecule has 3 N–H and O–H groups in total. The number of piperazine rings is 1. The number of aryl methyl sites for hydroxylation is 1. The number of terminal acetylenes is 1. The summed E-state index contributed by atoms with van der Waals surface area (Å²) in [7, 11) is 1.87. The molecule has 3 aromatic heterocycles. The summed E-state index contributed by atoms with van der Waals surface area (Å²) < 4.78 is 46.7. The van der Waals surface area contributed by atoms with Crippen molar-refractivity contribution in [1.29, 1.82) is 0 Å². The average Bonchev–Trinajstić information content (AvgIpc) is 4.13. The first-order chi connectivity index (χ1) is 34.4. The number of hydrogen-bond donors (Lipinski definition) is 3. The molecule has 0 saturated carbocycles. The molecule has 366 valence electrons. The summed E-state index contributed by atoms with van der Waals surface area (Å²) in [4.78, 5) is 58.6. The number of nitrogens with one attached hydrogen (secondary N) is 2. The Bertz CT molecular complexity index is 3210. The third kappa shape index (κ3) is 7.93. The Morgan fingerprint density at radius 2 is 1.79 bits per heavy atom. The quantitative estimate of drug-likeness (QED) is 0.105. The van der Waals surface area contributed by atoms with Crippen LogP contribution in [0.2, 0.25) is 0 Å². The van der Waals surface area contributed by atoms with Crippen LogP contribution < -0.4 is 20.3 Å². The van der Waals surface area contributed by atoms with Gasteiger partial charge in [0.2, 0.25) is 11.8 Å². The molecular formula is C53H54F2N10O6. The Morgan fingerprint density at radius 1 is 0.972 bits per heavy atom. The maximum Gasteiger partial charge on any atom is 0.409 e. The number of aromatic nitrogens is 5. The fourth-order valence-electron chi connectivity index (χ4n) is 12.6. The normalized spacial score (nSPS) is 24.8. The maximum atomic E-state index is 17.2. The number of aromatic hydroxyl groups is 1. The standard InChI is InChI=1S/C53H54F2N10O6/c1-3-36-41(54)11-6-31-21-35(66)23-39(44(31)36)47-45(55)48-40(24-56-47)49(64-25-32-7-8-33(26-64)57-32)60-51(59-48)71-28-53-16-4-18-65(53)34(13-17-53)27-70-52(69)63-19-14-29(15-20-63)30-5-9-37-42(22-30)62(2)61-46(37)38-10-12-43(67)58-50(38)68/h1,5-6,9,11,21-24,29,32-34,38,57,66H,4,7-8,10,12-20,25-28H2,2H3,(H,58,67,68). The number of fused-ring (bicyclic) bond motifs is 6. The lowest BCUT2D eigenvalue weighted by Gasteiger charge is -2.36. The Hall–Kier alpha value is -6.97. The summed E-state index contributed by atoms with van der Waals surface area (Å²) in [5, 5.41) is 23.5. The van der Waals surface area contributed by atoms with E-state index in [9.17, 15) is 19.5 Å². The van der Waals surface area contributed by atoms with E-state index in [1.165, 1.54) is 30.5 Å². The number of nitrogens with zero attached hydrogens (tertiary/aromatic N) is 8. The van der Waals surface area contributed by atoms with E-state index in [0.717, 1.165) is 74.4 Å². The molecule has 71 heavy (non-hydrogen) atoms. The fourth-order valence-corrected chi connectivity index (χ4v) is 12.6. The molecule has 3 amide bonds. The van der Waals surface area contributed by atoms with E-state index >= 15 is 8.78 Å². The number of benzene rings is 3. The summed E-state index contributed by atoms with van der Waals surface area (Å²) in [5.41, 5.74) is 2.37. The highest BCUT2D eigenvalue weighted by atomic mass is 19.1. The van der Waals surface area contributed by atoms with Gasteiger partial charge < -0.3 is 29.7 Å². The highest BCUT2D eigenvalue weighted by Crippen LogP contribution is 2.44. The summed E-state index contributed by atoms with van der Waals surface area (Å²) in [6.45, 7) is 3.80. The van der Waals surface area contributed by atoms with E-state index in [4.69, 9.17) is 31.0 Å². The predicted molar refractivity (Wildman–Crippen MR) is 260 cm³/mol. The molecule has 6 aromatic rings. The first-order valence-electron chi connectivity index (χ1n) is 24.8. The van der Waals surface area contributed by atoms with Crippen LogP contribution in [0.25, 0.3) is 43.8 Å². The Balaban J connectivity index is 0.734. The number of piperidine rings is 2. The SMILES string of the molecule is C#Cc1c(F)ccc2cc(O)cc(-c3ncc4c(N5CC6CCC(C5)N6)nc(OCC56CCCN5C(COC(=O)N5CCC(c7ccc8c(C9CCC(=O)NC9=O)nn(C)c8c7)CC5)CC6)nc4c3F)c12. The number of carbonyl (C=O) groups is 3. The molecule has 5 unspecified atom stereocenters. The van der Waals surface area contributed by atoms with Crippen molar-refractivity contribution in [2.24, 2.45) is 7.05 Å². The second-order valence-corrected chi connectivity index (χ2v) is 20.3. The molecule has 6 saturated heterocycles. The minimum atomic E-state index is -0.769. The van der Waals surface area contributed by atoms with Crippen LogP contribution in [0.15, 0.2) is 48.7 Å². The average molecular weight is 965 g/mol. The predicted octanol–water partition coefficient (Wildman–Crippen LogP) is 6.55. The number of imide groups is 1. The van der Waals surface area contributed by atoms with Crippen molar-refractivity contribution in [3.8, 4) is 35.4 Å². The zero-order valence-electron chi connectivity index (χ0n) is 39.4. The van der Waals surface area contributed by atoms with Crippen molar-refractivity contribution in [3.05, 3.63) is 77.1 Å². The first-order valence-corrected chi connectivity index (χ1v) is 24.8. The van der Waals surface area contributed by atoms with Gasteiger partial charge in [0, 0.05) is 80.3 Å². The number of ether oxygens (including phenoxy) is 2. The van der Waals surface area contributed by atoms with E-state index in [1.54, 1.807) is 9.58 Å². The van der Waals surface area contributed by atoms with Gasteiger partial charge in [-0.2, -0.15) is 15.1 Å². The number of carbonyl (C=O) groups excluding carboxylic acids is 3. The highest BCUT2D eigenvalue weighted by molar-refractivity contribution is 6.04. The molecule has 6 aliphatic rings. The van der Waals surface area contributed by atoms with Crippen LogP contribution in [0, 0.1) is 24.0 Å². The van der Waals surface area contributed by atoms with Gasteiger partial charge >= 0.3 is 12.1 Å². The van der Waals surface area contributed by atoms with E-state index in [0.29, 0.717) is 61.3 Å². The molecule has 0 aliphatic carbocycles. The van der Waals surface area contributed by atoms with Gasteiger partial charge in [0.1, 0.15) is 41.8 Å². The van der Waals surface area contributed by atoms with Crippen molar-refractivity contribution in [1.82, 2.24) is 45.2 Å². The molecule has 0 radical (unpaired) electrons. The van der Waals surface area contributed by atoms with Crippen LogP contribution in [-0.4, -0.2) is 127 Å². The number of hydrogen-bond acceptors (Lipinski definition) is 13. The number of phenolic OH excluding ortho intramolecular Hbond substituents is 1. The van der Waals surface area contributed by atoms with Crippen molar-refractivity contribution < 1.29 is 37.7 Å². The highest BCUT2D eigenvalue weighted by Gasteiger charge is 2.50. The molecule has 12 rings (SSSR count). The minimum absolute atomic E-state index is 0.00334. The lowest BCUT2D eigenvalue weighted by Crippen LogP contribution is -2.51. The van der Waals surface area contributed by atoms with Gasteiger partial charge in [0.15, 0.2) is 5.82 Å². The monoisotopic (exact) mass is 964 g/mol. The van der Waals surface area contributed by atoms with Gasteiger partial charge in [0.05, 0.1) is 33.6 Å². The smallest absolute Gasteiger partial charge is 0.409 e. The largest absolute Gasteiger partial charge is 0.508 e. The van der Waals surface area contributed by atoms with E-state index in [2.05, 4.69) is 43.5 Å². The van der Waals surface area contributed by atoms with Crippen LogP contribution in [0.1, 0.15) is 92.9 Å². The third-order valence-electron chi connectivity index (χ3n) is 16.2. The lowest BCUT2D eigenvalue weighted by molar-refractivity contribution is -0.134. The van der Waals surface area contributed by atoms with Crippen LogP contribution >= 0.6 is 0 Å². The minimum Gasteiger partial charge on any atom is -0.508 e. The van der Waals surface area contributed by atoms with Crippen LogP contribution in [-0.2, 0) is 21.4 Å². The molecule has 16 nitrogen and oxygen atoms in total. The second kappa shape index (κ2) is 17.7. The molecule has 9 heterocycles. The van der Waals surface area contributed by atoms with Crippen molar-refractivity contribution >= 4 is 56.3 Å². The van der Waals surface area contributed by atoms with E-state index in [1.807, 2.05) is 13.1 Å². The summed E-state index contributed by atoms with van der Waals surface area (Å²) in [5.74, 6) is 0.583. The molecule has 6 aliphatic heterocycles. The first kappa shape index (κ1) is 45.2. The van der Waals surface area contributed by atoms with Gasteiger partial charge in [-0.05, 0) is 105 Å². The molecule has 2 bridgehead atoms. The fraction of sp³-hybridized carbons (Fsp3) is 0.453.